The first-order valence-corrected chi connectivity index (χ1v) is 9.84. The summed E-state index contributed by atoms with van der Waals surface area (Å²) in [4.78, 5) is 0. The molecule has 1 aliphatic rings. The van der Waals surface area contributed by atoms with E-state index in [0.29, 0.717) is 18.2 Å². The van der Waals surface area contributed by atoms with Crippen molar-refractivity contribution in [2.24, 2.45) is 0 Å². The van der Waals surface area contributed by atoms with Gasteiger partial charge in [-0.2, -0.15) is 0 Å². The molecule has 5 atom stereocenters. The van der Waals surface area contributed by atoms with E-state index in [9.17, 15) is 20.4 Å². The largest absolute Gasteiger partial charge is 0.394 e. The van der Waals surface area contributed by atoms with Gasteiger partial charge in [-0.1, -0.05) is 60.2 Å². The molecule has 8 heteroatoms. The smallest absolute Gasteiger partial charge is 0.165 e. The lowest BCUT2D eigenvalue weighted by molar-refractivity contribution is -0.234. The molecule has 1 saturated heterocycles. The van der Waals surface area contributed by atoms with Crippen LogP contribution in [0.3, 0.4) is 0 Å². The summed E-state index contributed by atoms with van der Waals surface area (Å²) < 4.78 is 7.56. The summed E-state index contributed by atoms with van der Waals surface area (Å²) in [6.07, 6.45) is -6.41. The maximum Gasteiger partial charge on any atom is 0.165 e. The minimum Gasteiger partial charge on any atom is -0.394 e. The highest BCUT2D eigenvalue weighted by Crippen LogP contribution is 2.33. The highest BCUT2D eigenvalue weighted by molar-refractivity contribution is 5.56. The molecule has 0 spiro atoms. The number of hydrogen-bond donors (Lipinski definition) is 4. The first-order chi connectivity index (χ1) is 14.5. The van der Waals surface area contributed by atoms with Crippen LogP contribution in [0, 0.1) is 6.92 Å². The van der Waals surface area contributed by atoms with Gasteiger partial charge in [-0.25, -0.2) is 0 Å². The van der Waals surface area contributed by atoms with Crippen LogP contribution >= 0.6 is 0 Å². The summed E-state index contributed by atoms with van der Waals surface area (Å²) >= 11 is 0. The molecule has 2 heterocycles. The maximum absolute atomic E-state index is 10.6. The number of rotatable bonds is 5. The standard InChI is InChI=1S/C22H25N3O5/c1-13-7-9-15(10-8-13)21-23-24-22(25(21)11-14-5-3-2-4-6-14)20-19(29)18(28)17(27)16(12-26)30-20/h2-10,16-20,26-29H,11-12H2,1H3/t16-,17-,18+,19-,20-/m1/s1. The van der Waals surface area contributed by atoms with Gasteiger partial charge >= 0.3 is 0 Å². The van der Waals surface area contributed by atoms with Gasteiger partial charge < -0.3 is 29.7 Å². The lowest BCUT2D eigenvalue weighted by Crippen LogP contribution is -2.55. The molecule has 0 radical (unpaired) electrons. The molecule has 0 bridgehead atoms. The number of ether oxygens (including phenoxy) is 1. The maximum atomic E-state index is 10.6. The van der Waals surface area contributed by atoms with Crippen LogP contribution in [0.15, 0.2) is 54.6 Å². The lowest BCUT2D eigenvalue weighted by Gasteiger charge is -2.39. The molecular weight excluding hydrogens is 386 g/mol. The molecule has 1 aromatic heterocycles. The molecule has 4 rings (SSSR count). The van der Waals surface area contributed by atoms with E-state index < -0.39 is 37.1 Å². The van der Waals surface area contributed by atoms with E-state index in [2.05, 4.69) is 10.2 Å². The first kappa shape index (κ1) is 20.6. The van der Waals surface area contributed by atoms with Gasteiger partial charge in [0.1, 0.15) is 30.5 Å². The van der Waals surface area contributed by atoms with E-state index in [4.69, 9.17) is 4.74 Å². The van der Waals surface area contributed by atoms with E-state index in [-0.39, 0.29) is 0 Å². The summed E-state index contributed by atoms with van der Waals surface area (Å²) in [6, 6.07) is 17.6. The molecule has 0 aliphatic carbocycles. The van der Waals surface area contributed by atoms with E-state index in [1.165, 1.54) is 0 Å². The van der Waals surface area contributed by atoms with Crippen molar-refractivity contribution in [2.75, 3.05) is 6.61 Å². The van der Waals surface area contributed by atoms with Gasteiger partial charge in [0.25, 0.3) is 0 Å². The third kappa shape index (κ3) is 3.88. The van der Waals surface area contributed by atoms with E-state index in [1.54, 1.807) is 0 Å². The molecule has 0 saturated carbocycles. The molecular formula is C22H25N3O5. The Hall–Kier alpha value is -2.62. The molecule has 3 aromatic rings. The van der Waals surface area contributed by atoms with Crippen LogP contribution in [0.2, 0.25) is 0 Å². The fourth-order valence-electron chi connectivity index (χ4n) is 3.68. The lowest BCUT2D eigenvalue weighted by atomic mass is 9.94. The second-order valence-corrected chi connectivity index (χ2v) is 7.57. The van der Waals surface area contributed by atoms with Gasteiger partial charge in [0.2, 0.25) is 0 Å². The molecule has 0 unspecified atom stereocenters. The normalized spacial score (nSPS) is 26.6. The fraction of sp³-hybridized carbons (Fsp3) is 0.364. The Morgan fingerprint density at radius 3 is 2.27 bits per heavy atom. The van der Waals surface area contributed by atoms with Crippen molar-refractivity contribution in [2.45, 2.75) is 44.0 Å². The SMILES string of the molecule is Cc1ccc(-c2nnc([C@@H]3O[C@H](CO)[C@@H](O)[C@H](O)[C@H]3O)n2Cc2ccccc2)cc1. The summed E-state index contributed by atoms with van der Waals surface area (Å²) in [6.45, 7) is 1.92. The number of aromatic nitrogens is 3. The van der Waals surface area contributed by atoms with Crippen LogP contribution in [-0.2, 0) is 11.3 Å². The second kappa shape index (κ2) is 8.63. The molecule has 158 valence electrons. The van der Waals surface area contributed by atoms with E-state index in [1.807, 2.05) is 66.1 Å². The van der Waals surface area contributed by atoms with Crippen LogP contribution in [0.1, 0.15) is 23.1 Å². The van der Waals surface area contributed by atoms with Crippen molar-refractivity contribution in [3.63, 3.8) is 0 Å². The Bertz CT molecular complexity index is 974. The Kier molecular flexibility index (Phi) is 5.94. The summed E-state index contributed by atoms with van der Waals surface area (Å²) in [7, 11) is 0. The van der Waals surface area contributed by atoms with Crippen LogP contribution in [0.5, 0.6) is 0 Å². The van der Waals surface area contributed by atoms with E-state index >= 15 is 0 Å². The van der Waals surface area contributed by atoms with Gasteiger partial charge in [0, 0.05) is 5.56 Å². The average molecular weight is 411 g/mol. The molecule has 8 nitrogen and oxygen atoms in total. The minimum absolute atomic E-state index is 0.311. The van der Waals surface area contributed by atoms with Crippen molar-refractivity contribution >= 4 is 0 Å². The zero-order chi connectivity index (χ0) is 21.3. The van der Waals surface area contributed by atoms with Gasteiger partial charge in [-0.05, 0) is 12.5 Å². The molecule has 30 heavy (non-hydrogen) atoms. The van der Waals surface area contributed by atoms with Crippen LogP contribution in [-0.4, -0.2) is 66.2 Å². The number of nitrogens with zero attached hydrogens (tertiary/aromatic N) is 3. The zero-order valence-electron chi connectivity index (χ0n) is 16.5. The summed E-state index contributed by atoms with van der Waals surface area (Å²) in [5, 5.41) is 49.0. The number of aliphatic hydroxyl groups is 4. The van der Waals surface area contributed by atoms with Crippen molar-refractivity contribution in [3.8, 4) is 11.4 Å². The first-order valence-electron chi connectivity index (χ1n) is 9.84. The van der Waals surface area contributed by atoms with Gasteiger partial charge in [0.15, 0.2) is 11.6 Å². The number of aliphatic hydroxyl groups excluding tert-OH is 4. The fourth-order valence-corrected chi connectivity index (χ4v) is 3.68. The number of aryl methyl sites for hydroxylation is 1. The predicted octanol–water partition coefficient (Wildman–Crippen LogP) is 0.817. The summed E-state index contributed by atoms with van der Waals surface area (Å²) in [5.41, 5.74) is 2.96. The number of benzene rings is 2. The Labute approximate surface area is 174 Å². The van der Waals surface area contributed by atoms with Crippen LogP contribution in [0.4, 0.5) is 0 Å². The third-order valence-electron chi connectivity index (χ3n) is 5.42. The third-order valence-corrected chi connectivity index (χ3v) is 5.42. The Morgan fingerprint density at radius 1 is 0.900 bits per heavy atom. The quantitative estimate of drug-likeness (QED) is 0.490. The average Bonchev–Trinajstić information content (AvgIpc) is 3.17. The van der Waals surface area contributed by atoms with Crippen molar-refractivity contribution in [3.05, 3.63) is 71.5 Å². The molecule has 1 fully saturated rings. The molecule has 0 amide bonds. The summed E-state index contributed by atoms with van der Waals surface area (Å²) in [5.74, 6) is 0.900. The van der Waals surface area contributed by atoms with E-state index in [0.717, 1.165) is 16.7 Å². The Balaban J connectivity index is 1.78. The molecule has 1 aliphatic heterocycles. The van der Waals surface area contributed by atoms with Gasteiger partial charge in [-0.15, -0.1) is 10.2 Å². The predicted molar refractivity (Wildman–Crippen MR) is 108 cm³/mol. The topological polar surface area (TPSA) is 121 Å². The highest BCUT2D eigenvalue weighted by atomic mass is 16.5. The van der Waals surface area contributed by atoms with Gasteiger partial charge in [0.05, 0.1) is 13.2 Å². The van der Waals surface area contributed by atoms with Crippen molar-refractivity contribution in [1.82, 2.24) is 14.8 Å². The molecule has 4 N–H and O–H groups in total. The highest BCUT2D eigenvalue weighted by Gasteiger charge is 2.46. The number of hydrogen-bond acceptors (Lipinski definition) is 7. The molecule has 2 aromatic carbocycles. The monoisotopic (exact) mass is 411 g/mol. The second-order valence-electron chi connectivity index (χ2n) is 7.57. The van der Waals surface area contributed by atoms with Crippen molar-refractivity contribution in [1.29, 1.82) is 0 Å². The zero-order valence-corrected chi connectivity index (χ0v) is 16.5. The Morgan fingerprint density at radius 2 is 1.60 bits per heavy atom. The van der Waals surface area contributed by atoms with Crippen LogP contribution in [0.25, 0.3) is 11.4 Å². The van der Waals surface area contributed by atoms with Crippen molar-refractivity contribution < 1.29 is 25.2 Å². The van der Waals surface area contributed by atoms with Gasteiger partial charge in [-0.3, -0.25) is 0 Å². The minimum atomic E-state index is -1.48. The van der Waals surface area contributed by atoms with Crippen LogP contribution < -0.4 is 0 Å².